The van der Waals surface area contributed by atoms with Crippen molar-refractivity contribution in [3.05, 3.63) is 24.8 Å². The van der Waals surface area contributed by atoms with Crippen LogP contribution in [-0.2, 0) is 14.3 Å². The van der Waals surface area contributed by atoms with E-state index in [9.17, 15) is 4.79 Å². The second-order valence-corrected chi connectivity index (χ2v) is 7.81. The molecule has 0 radical (unpaired) electrons. The summed E-state index contributed by atoms with van der Waals surface area (Å²) in [6.45, 7) is 12.8. The summed E-state index contributed by atoms with van der Waals surface area (Å²) in [6, 6.07) is 0. The lowest BCUT2D eigenvalue weighted by Crippen LogP contribution is -2.51. The molecule has 2 heterocycles. The zero-order valence-corrected chi connectivity index (χ0v) is 15.1. The van der Waals surface area contributed by atoms with Gasteiger partial charge in [-0.25, -0.2) is 0 Å². The van der Waals surface area contributed by atoms with Gasteiger partial charge in [-0.2, -0.15) is 0 Å². The van der Waals surface area contributed by atoms with Gasteiger partial charge in [0.2, 0.25) is 0 Å². The topological polar surface area (TPSA) is 35.5 Å². The maximum atomic E-state index is 12.1. The van der Waals surface area contributed by atoms with Crippen molar-refractivity contribution in [2.45, 2.75) is 77.1 Å². The highest BCUT2D eigenvalue weighted by Crippen LogP contribution is 2.45. The number of ketones is 1. The minimum atomic E-state index is -0.255. The second kappa shape index (κ2) is 7.31. The summed E-state index contributed by atoms with van der Waals surface area (Å²) in [7, 11) is 0. The van der Waals surface area contributed by atoms with Crippen LogP contribution >= 0.6 is 0 Å². The monoisotopic (exact) mass is 320 g/mol. The molecular weight excluding hydrogens is 288 g/mol. The molecule has 0 N–H and O–H groups in total. The molecule has 0 aromatic rings. The van der Waals surface area contributed by atoms with Crippen molar-refractivity contribution in [2.24, 2.45) is 11.8 Å². The molecule has 4 atom stereocenters. The van der Waals surface area contributed by atoms with Crippen molar-refractivity contribution in [3.8, 4) is 0 Å². The molecule has 2 aliphatic heterocycles. The number of allylic oxidation sites excluding steroid dienone is 2. The first-order valence-corrected chi connectivity index (χ1v) is 8.98. The minimum Gasteiger partial charge on any atom is -0.369 e. The molecule has 0 amide bonds. The molecule has 2 rings (SSSR count). The lowest BCUT2D eigenvalue weighted by atomic mass is 9.88. The fraction of sp³-hybridized carbons (Fsp3) is 0.750. The third-order valence-corrected chi connectivity index (χ3v) is 5.35. The third-order valence-electron chi connectivity index (χ3n) is 5.35. The smallest absolute Gasteiger partial charge is 0.158 e. The molecule has 3 heteroatoms. The molecule has 2 fully saturated rings. The lowest BCUT2D eigenvalue weighted by Gasteiger charge is -2.43. The summed E-state index contributed by atoms with van der Waals surface area (Å²) in [5.41, 5.74) is -0.478. The van der Waals surface area contributed by atoms with Crippen molar-refractivity contribution in [1.82, 2.24) is 0 Å². The number of fused-ring (bicyclic) bond motifs is 2. The van der Waals surface area contributed by atoms with E-state index < -0.39 is 0 Å². The third kappa shape index (κ3) is 4.33. The number of ether oxygens (including phenoxy) is 2. The minimum absolute atomic E-state index is 0.0777. The van der Waals surface area contributed by atoms with E-state index >= 15 is 0 Å². The Kier molecular flexibility index (Phi) is 5.85. The quantitative estimate of drug-likeness (QED) is 0.489. The van der Waals surface area contributed by atoms with E-state index in [4.69, 9.17) is 9.47 Å². The molecule has 0 aromatic carbocycles. The van der Waals surface area contributed by atoms with E-state index in [1.165, 1.54) is 0 Å². The van der Waals surface area contributed by atoms with Crippen molar-refractivity contribution in [2.75, 3.05) is 6.61 Å². The highest BCUT2D eigenvalue weighted by atomic mass is 16.6. The van der Waals surface area contributed by atoms with Crippen LogP contribution in [0.15, 0.2) is 24.8 Å². The average Bonchev–Trinajstić information content (AvgIpc) is 2.91. The van der Waals surface area contributed by atoms with Gasteiger partial charge in [0.1, 0.15) is 5.60 Å². The summed E-state index contributed by atoms with van der Waals surface area (Å²) in [5.74, 6) is 0.732. The summed E-state index contributed by atoms with van der Waals surface area (Å²) < 4.78 is 12.4. The molecule has 0 aromatic heterocycles. The van der Waals surface area contributed by atoms with Crippen LogP contribution in [0.5, 0.6) is 0 Å². The van der Waals surface area contributed by atoms with Crippen LogP contribution in [-0.4, -0.2) is 29.7 Å². The zero-order valence-electron chi connectivity index (χ0n) is 15.1. The lowest BCUT2D eigenvalue weighted by molar-refractivity contribution is -0.225. The molecule has 1 unspecified atom stereocenters. The van der Waals surface area contributed by atoms with E-state index in [1.807, 2.05) is 19.1 Å². The van der Waals surface area contributed by atoms with Crippen LogP contribution in [0.1, 0.15) is 59.8 Å². The highest BCUT2D eigenvalue weighted by Gasteiger charge is 2.52. The van der Waals surface area contributed by atoms with Crippen molar-refractivity contribution in [1.29, 1.82) is 0 Å². The van der Waals surface area contributed by atoms with Crippen LogP contribution in [0.3, 0.4) is 0 Å². The van der Waals surface area contributed by atoms with Gasteiger partial charge in [-0.15, -0.1) is 6.58 Å². The number of hydrogen-bond acceptors (Lipinski definition) is 3. The predicted octanol–water partition coefficient (Wildman–Crippen LogP) is 4.47. The molecule has 2 saturated heterocycles. The first-order chi connectivity index (χ1) is 10.8. The molecule has 130 valence electrons. The van der Waals surface area contributed by atoms with E-state index in [0.717, 1.165) is 32.1 Å². The maximum Gasteiger partial charge on any atom is 0.158 e. The highest BCUT2D eigenvalue weighted by molar-refractivity contribution is 5.91. The first-order valence-electron chi connectivity index (χ1n) is 8.98. The van der Waals surface area contributed by atoms with E-state index in [1.54, 1.807) is 6.08 Å². The van der Waals surface area contributed by atoms with Crippen molar-refractivity contribution >= 4 is 5.78 Å². The molecule has 0 aliphatic carbocycles. The molecule has 3 nitrogen and oxygen atoms in total. The standard InChI is InChI=1S/C20H32O3/c1-6-20-13-11-18(23-20)19(5,22-14-20)12-7-8-16(4)17(21)10-9-15(2)3/h6,9-10,15-16,18H,1,7-8,11-14H2,2-5H3/b10-9+/t16?,18-,19+,20+/m1/s1. The Balaban J connectivity index is 1.80. The van der Waals surface area contributed by atoms with Crippen molar-refractivity contribution in [3.63, 3.8) is 0 Å². The summed E-state index contributed by atoms with van der Waals surface area (Å²) in [5, 5.41) is 0. The Morgan fingerprint density at radius 2 is 2.13 bits per heavy atom. The van der Waals surface area contributed by atoms with Gasteiger partial charge in [-0.1, -0.05) is 32.9 Å². The van der Waals surface area contributed by atoms with Gasteiger partial charge < -0.3 is 9.47 Å². The number of hydrogen-bond donors (Lipinski definition) is 0. The van der Waals surface area contributed by atoms with Crippen LogP contribution < -0.4 is 0 Å². The van der Waals surface area contributed by atoms with E-state index in [0.29, 0.717) is 12.5 Å². The molecule has 23 heavy (non-hydrogen) atoms. The molecule has 2 aliphatic rings. The normalized spacial score (nSPS) is 34.9. The summed E-state index contributed by atoms with van der Waals surface area (Å²) >= 11 is 0. The van der Waals surface area contributed by atoms with Gasteiger partial charge in [-0.05, 0) is 51.0 Å². The van der Waals surface area contributed by atoms with Crippen LogP contribution in [0.4, 0.5) is 0 Å². The fourth-order valence-corrected chi connectivity index (χ4v) is 3.49. The molecule has 0 saturated carbocycles. The zero-order chi connectivity index (χ0) is 17.1. The van der Waals surface area contributed by atoms with Crippen molar-refractivity contribution < 1.29 is 14.3 Å². The number of carbonyl (C=O) groups is 1. The Morgan fingerprint density at radius 1 is 1.39 bits per heavy atom. The van der Waals surface area contributed by atoms with Crippen LogP contribution in [0.2, 0.25) is 0 Å². The number of carbonyl (C=O) groups excluding carboxylic acids is 1. The Morgan fingerprint density at radius 3 is 2.78 bits per heavy atom. The van der Waals surface area contributed by atoms with Gasteiger partial charge >= 0.3 is 0 Å². The Labute approximate surface area is 141 Å². The van der Waals surface area contributed by atoms with E-state index in [-0.39, 0.29) is 29.0 Å². The van der Waals surface area contributed by atoms with Gasteiger partial charge in [-0.3, -0.25) is 4.79 Å². The van der Waals surface area contributed by atoms with Crippen LogP contribution in [0, 0.1) is 11.8 Å². The Hall–Kier alpha value is -0.930. The SMILES string of the molecule is C=C[C@@]12CC[C@@H](O1)[C@](C)(CCCC(C)C(=O)/C=C/C(C)C)OC2. The van der Waals surface area contributed by atoms with Gasteiger partial charge in [0.05, 0.1) is 18.3 Å². The fourth-order valence-electron chi connectivity index (χ4n) is 3.49. The maximum absolute atomic E-state index is 12.1. The molecular formula is C20H32O3. The largest absolute Gasteiger partial charge is 0.369 e. The van der Waals surface area contributed by atoms with Gasteiger partial charge in [0.25, 0.3) is 0 Å². The summed E-state index contributed by atoms with van der Waals surface area (Å²) in [4.78, 5) is 12.1. The second-order valence-electron chi connectivity index (χ2n) is 7.81. The van der Waals surface area contributed by atoms with Gasteiger partial charge in [0, 0.05) is 5.92 Å². The first kappa shape index (κ1) is 18.4. The van der Waals surface area contributed by atoms with E-state index in [2.05, 4.69) is 27.4 Å². The molecule has 2 bridgehead atoms. The predicted molar refractivity (Wildman–Crippen MR) is 93.4 cm³/mol. The Bertz CT molecular complexity index is 468. The molecule has 0 spiro atoms. The average molecular weight is 320 g/mol. The van der Waals surface area contributed by atoms with Crippen LogP contribution in [0.25, 0.3) is 0 Å². The number of rotatable bonds is 8. The summed E-state index contributed by atoms with van der Waals surface area (Å²) in [6.07, 6.45) is 10.6. The van der Waals surface area contributed by atoms with Gasteiger partial charge in [0.15, 0.2) is 5.78 Å².